The molecule has 0 fully saturated rings. The Bertz CT molecular complexity index is 824. The average molecular weight is 335 g/mol. The largest absolute Gasteiger partial charge is 0.368 e. The van der Waals surface area contributed by atoms with Crippen molar-refractivity contribution >= 4 is 0 Å². The van der Waals surface area contributed by atoms with Gasteiger partial charge in [-0.2, -0.15) is 17.6 Å². The molecule has 0 unspecified atom stereocenters. The number of hydrogen-bond donors (Lipinski definition) is 0. The summed E-state index contributed by atoms with van der Waals surface area (Å²) in [7, 11) is 0. The summed E-state index contributed by atoms with van der Waals surface area (Å²) in [6.07, 6.45) is 0. The maximum absolute atomic E-state index is 14.3. The molecule has 0 saturated heterocycles. The molecular weight excluding hydrogens is 322 g/mol. The van der Waals surface area contributed by atoms with Gasteiger partial charge in [-0.15, -0.1) is 10.2 Å². The zero-order valence-electron chi connectivity index (χ0n) is 12.6. The van der Waals surface area contributed by atoms with E-state index in [1.807, 2.05) is 0 Å². The summed E-state index contributed by atoms with van der Waals surface area (Å²) in [5.41, 5.74) is 0.774. The second-order valence-electron chi connectivity index (χ2n) is 5.35. The van der Waals surface area contributed by atoms with Crippen LogP contribution < -0.4 is 0 Å². The van der Waals surface area contributed by atoms with Gasteiger partial charge < -0.3 is 0 Å². The van der Waals surface area contributed by atoms with Gasteiger partial charge in [0.25, 0.3) is 0 Å². The Labute approximate surface area is 135 Å². The average Bonchev–Trinajstić information content (AvgIpc) is 3.01. The summed E-state index contributed by atoms with van der Waals surface area (Å²) in [5.74, 6) is -9.77. The van der Waals surface area contributed by atoms with E-state index in [0.717, 1.165) is 4.57 Å². The molecule has 24 heavy (non-hydrogen) atoms. The van der Waals surface area contributed by atoms with Crippen LogP contribution in [0.1, 0.15) is 12.7 Å². The summed E-state index contributed by atoms with van der Waals surface area (Å²) in [6.45, 7) is 0.166. The van der Waals surface area contributed by atoms with E-state index in [4.69, 9.17) is 0 Å². The number of para-hydroxylation sites is 1. The zero-order chi connectivity index (χ0) is 17.4. The maximum Gasteiger partial charge on any atom is 0.368 e. The zero-order valence-corrected chi connectivity index (χ0v) is 12.6. The van der Waals surface area contributed by atoms with Crippen LogP contribution in [0, 0.1) is 0 Å². The lowest BCUT2D eigenvalue weighted by atomic mass is 10.1. The van der Waals surface area contributed by atoms with Crippen molar-refractivity contribution in [1.29, 1.82) is 0 Å². The first-order valence-corrected chi connectivity index (χ1v) is 7.15. The van der Waals surface area contributed by atoms with Crippen molar-refractivity contribution in [2.45, 2.75) is 18.8 Å². The highest BCUT2D eigenvalue weighted by Gasteiger charge is 2.57. The second-order valence-corrected chi connectivity index (χ2v) is 5.35. The summed E-state index contributed by atoms with van der Waals surface area (Å²) in [4.78, 5) is 0. The van der Waals surface area contributed by atoms with Crippen molar-refractivity contribution in [3.8, 4) is 17.1 Å². The van der Waals surface area contributed by atoms with Gasteiger partial charge in [-0.1, -0.05) is 48.5 Å². The van der Waals surface area contributed by atoms with Crippen LogP contribution >= 0.6 is 0 Å². The van der Waals surface area contributed by atoms with Crippen LogP contribution in [-0.2, 0) is 5.92 Å². The Morgan fingerprint density at radius 2 is 1.33 bits per heavy atom. The minimum absolute atomic E-state index is 0.0701. The Hall–Kier alpha value is -2.70. The van der Waals surface area contributed by atoms with Crippen molar-refractivity contribution in [2.24, 2.45) is 0 Å². The second kappa shape index (κ2) is 5.74. The van der Waals surface area contributed by atoms with Gasteiger partial charge in [-0.25, -0.2) is 0 Å². The molecule has 3 rings (SSSR count). The van der Waals surface area contributed by atoms with Gasteiger partial charge in [0.15, 0.2) is 5.82 Å². The van der Waals surface area contributed by atoms with Gasteiger partial charge in [-0.05, 0) is 12.1 Å². The van der Waals surface area contributed by atoms with Crippen LogP contribution in [0.4, 0.5) is 17.6 Å². The topological polar surface area (TPSA) is 30.7 Å². The molecule has 3 nitrogen and oxygen atoms in total. The van der Waals surface area contributed by atoms with E-state index in [-0.39, 0.29) is 18.4 Å². The van der Waals surface area contributed by atoms with Gasteiger partial charge >= 0.3 is 11.8 Å². The molecule has 124 valence electrons. The van der Waals surface area contributed by atoms with Crippen LogP contribution in [0.3, 0.4) is 0 Å². The van der Waals surface area contributed by atoms with Crippen LogP contribution in [0.5, 0.6) is 0 Å². The molecule has 7 heteroatoms. The Balaban J connectivity index is 2.28. The molecule has 1 heterocycles. The summed E-state index contributed by atoms with van der Waals surface area (Å²) >= 11 is 0. The van der Waals surface area contributed by atoms with E-state index in [1.54, 1.807) is 48.5 Å². The number of nitrogens with zero attached hydrogens (tertiary/aromatic N) is 3. The number of hydrogen-bond acceptors (Lipinski definition) is 2. The molecule has 0 N–H and O–H groups in total. The molecule has 1 aromatic heterocycles. The highest BCUT2D eigenvalue weighted by molar-refractivity contribution is 5.58. The molecule has 0 atom stereocenters. The third kappa shape index (κ3) is 2.66. The lowest BCUT2D eigenvalue weighted by molar-refractivity contribution is -0.210. The molecule has 3 aromatic rings. The fraction of sp³-hybridized carbons (Fsp3) is 0.176. The van der Waals surface area contributed by atoms with E-state index in [0.29, 0.717) is 5.56 Å². The lowest BCUT2D eigenvalue weighted by Crippen LogP contribution is -2.37. The van der Waals surface area contributed by atoms with E-state index >= 15 is 0 Å². The minimum Gasteiger partial charge on any atom is -0.274 e. The molecule has 0 aliphatic carbocycles. The SMILES string of the molecule is CC(F)(F)C(F)(F)c1nnc(-c2ccccc2)n1-c1ccccc1. The number of halogens is 4. The van der Waals surface area contributed by atoms with E-state index in [1.165, 1.54) is 12.1 Å². The maximum atomic E-state index is 14.3. The molecule has 0 aliphatic rings. The number of aromatic nitrogens is 3. The highest BCUT2D eigenvalue weighted by Crippen LogP contribution is 2.43. The first-order chi connectivity index (χ1) is 11.3. The molecule has 0 radical (unpaired) electrons. The van der Waals surface area contributed by atoms with E-state index in [2.05, 4.69) is 10.2 Å². The fourth-order valence-electron chi connectivity index (χ4n) is 2.28. The van der Waals surface area contributed by atoms with Gasteiger partial charge in [-0.3, -0.25) is 4.57 Å². The minimum atomic E-state index is -4.47. The van der Waals surface area contributed by atoms with Crippen molar-refractivity contribution in [1.82, 2.24) is 14.8 Å². The number of rotatable bonds is 4. The predicted molar refractivity (Wildman–Crippen MR) is 81.3 cm³/mol. The summed E-state index contributed by atoms with van der Waals surface area (Å²) < 4.78 is 56.4. The Morgan fingerprint density at radius 1 is 0.792 bits per heavy atom. The Morgan fingerprint density at radius 3 is 1.88 bits per heavy atom. The normalized spacial score (nSPS) is 12.4. The predicted octanol–water partition coefficient (Wildman–Crippen LogP) is 4.68. The molecule has 0 bridgehead atoms. The van der Waals surface area contributed by atoms with Crippen LogP contribution in [-0.4, -0.2) is 20.7 Å². The third-order valence-electron chi connectivity index (χ3n) is 3.54. The smallest absolute Gasteiger partial charge is 0.274 e. The fourth-order valence-corrected chi connectivity index (χ4v) is 2.28. The lowest BCUT2D eigenvalue weighted by Gasteiger charge is -2.23. The standard InChI is InChI=1S/C17H13F4N3/c1-16(18,19)17(20,21)15-23-22-14(12-8-4-2-5-9-12)24(15)13-10-6-3-7-11-13/h2-11H,1H3. The first-order valence-electron chi connectivity index (χ1n) is 7.15. The third-order valence-corrected chi connectivity index (χ3v) is 3.54. The molecule has 0 saturated carbocycles. The highest BCUT2D eigenvalue weighted by atomic mass is 19.3. The number of benzene rings is 2. The monoisotopic (exact) mass is 335 g/mol. The summed E-state index contributed by atoms with van der Waals surface area (Å²) in [6, 6.07) is 16.4. The van der Waals surface area contributed by atoms with Crippen molar-refractivity contribution in [2.75, 3.05) is 0 Å². The van der Waals surface area contributed by atoms with Crippen molar-refractivity contribution in [3.63, 3.8) is 0 Å². The summed E-state index contributed by atoms with van der Waals surface area (Å²) in [5, 5.41) is 7.13. The van der Waals surface area contributed by atoms with Crippen LogP contribution in [0.15, 0.2) is 60.7 Å². The van der Waals surface area contributed by atoms with Crippen molar-refractivity contribution in [3.05, 3.63) is 66.5 Å². The van der Waals surface area contributed by atoms with Gasteiger partial charge in [0.05, 0.1) is 0 Å². The van der Waals surface area contributed by atoms with Crippen LogP contribution in [0.2, 0.25) is 0 Å². The van der Waals surface area contributed by atoms with Crippen LogP contribution in [0.25, 0.3) is 17.1 Å². The van der Waals surface area contributed by atoms with Gasteiger partial charge in [0.2, 0.25) is 5.82 Å². The molecule has 2 aromatic carbocycles. The molecule has 0 aliphatic heterocycles. The van der Waals surface area contributed by atoms with E-state index < -0.39 is 17.7 Å². The molecular formula is C17H13F4N3. The van der Waals surface area contributed by atoms with E-state index in [9.17, 15) is 17.6 Å². The first kappa shape index (κ1) is 16.2. The quantitative estimate of drug-likeness (QED) is 0.648. The Kier molecular flexibility index (Phi) is 3.87. The van der Waals surface area contributed by atoms with Crippen molar-refractivity contribution < 1.29 is 17.6 Å². The van der Waals surface area contributed by atoms with Gasteiger partial charge in [0.1, 0.15) is 0 Å². The molecule has 0 amide bonds. The van der Waals surface area contributed by atoms with Gasteiger partial charge in [0, 0.05) is 18.2 Å². The molecule has 0 spiro atoms. The number of alkyl halides is 4.